The molecule has 14 heavy (non-hydrogen) atoms. The third kappa shape index (κ3) is 7.06. The summed E-state index contributed by atoms with van der Waals surface area (Å²) in [5.41, 5.74) is 0. The minimum atomic E-state index is -0.296. The highest BCUT2D eigenvalue weighted by molar-refractivity contribution is 5.81. The van der Waals surface area contributed by atoms with E-state index in [2.05, 4.69) is 16.0 Å². The van der Waals surface area contributed by atoms with Gasteiger partial charge in [0, 0.05) is 6.54 Å². The summed E-state index contributed by atoms with van der Waals surface area (Å²) in [4.78, 5) is 21.8. The largest absolute Gasteiger partial charge is 0.355 e. The third-order valence-corrected chi connectivity index (χ3v) is 1.31. The molecule has 0 bridgehead atoms. The summed E-state index contributed by atoms with van der Waals surface area (Å²) in [7, 11) is 0. The summed E-state index contributed by atoms with van der Waals surface area (Å²) >= 11 is 0. The van der Waals surface area contributed by atoms with Gasteiger partial charge in [0.2, 0.25) is 11.8 Å². The quantitative estimate of drug-likeness (QED) is 0.446. The Hall–Kier alpha value is -1.61. The van der Waals surface area contributed by atoms with Gasteiger partial charge < -0.3 is 10.6 Å². The molecule has 0 aliphatic carbocycles. The molecule has 0 atom stereocenters. The normalized spacial score (nSPS) is 8.86. The molecule has 6 heteroatoms. The molecule has 0 heterocycles. The lowest BCUT2D eigenvalue weighted by molar-refractivity contribution is -0.121. The molecular weight excluding hydrogens is 184 g/mol. The molecule has 0 rings (SSSR count). The fourth-order valence-electron chi connectivity index (χ4n) is 0.750. The van der Waals surface area contributed by atoms with E-state index in [4.69, 9.17) is 5.26 Å². The van der Waals surface area contributed by atoms with Gasteiger partial charge >= 0.3 is 0 Å². The number of nitrogens with zero attached hydrogens (tertiary/aromatic N) is 1. The third-order valence-electron chi connectivity index (χ3n) is 1.31. The van der Waals surface area contributed by atoms with Crippen molar-refractivity contribution in [2.75, 3.05) is 26.2 Å². The van der Waals surface area contributed by atoms with Gasteiger partial charge in [0.05, 0.1) is 19.2 Å². The zero-order valence-electron chi connectivity index (χ0n) is 8.09. The van der Waals surface area contributed by atoms with E-state index in [1.54, 1.807) is 6.07 Å². The highest BCUT2D eigenvalue weighted by atomic mass is 16.2. The van der Waals surface area contributed by atoms with Crippen LogP contribution in [-0.2, 0) is 9.59 Å². The Morgan fingerprint density at radius 2 is 1.79 bits per heavy atom. The van der Waals surface area contributed by atoms with Crippen molar-refractivity contribution >= 4 is 11.8 Å². The standard InChI is InChI=1S/C8H14N4O2/c1-2-11-7(13)5-10-6-8(14)12-4-3-9/h10H,2,4-6H2,1H3,(H,11,13)(H,12,14). The lowest BCUT2D eigenvalue weighted by Gasteiger charge is -2.04. The van der Waals surface area contributed by atoms with Gasteiger partial charge in [-0.05, 0) is 6.92 Å². The van der Waals surface area contributed by atoms with E-state index in [-0.39, 0.29) is 31.4 Å². The molecule has 3 N–H and O–H groups in total. The van der Waals surface area contributed by atoms with Crippen LogP contribution in [0.1, 0.15) is 6.92 Å². The van der Waals surface area contributed by atoms with Crippen molar-refractivity contribution < 1.29 is 9.59 Å². The second-order valence-corrected chi connectivity index (χ2v) is 2.49. The molecule has 0 aliphatic rings. The zero-order chi connectivity index (χ0) is 10.8. The molecule has 0 saturated heterocycles. The monoisotopic (exact) mass is 198 g/mol. The highest BCUT2D eigenvalue weighted by Gasteiger charge is 2.01. The molecule has 0 saturated carbocycles. The molecule has 2 amide bonds. The number of carbonyl (C=O) groups excluding carboxylic acids is 2. The van der Waals surface area contributed by atoms with Gasteiger partial charge in [-0.15, -0.1) is 0 Å². The van der Waals surface area contributed by atoms with Crippen molar-refractivity contribution in [1.82, 2.24) is 16.0 Å². The van der Waals surface area contributed by atoms with Crippen LogP contribution in [0.25, 0.3) is 0 Å². The number of rotatable bonds is 6. The van der Waals surface area contributed by atoms with Gasteiger partial charge in [-0.25, -0.2) is 0 Å². The molecular formula is C8H14N4O2. The van der Waals surface area contributed by atoms with E-state index in [1.807, 2.05) is 6.92 Å². The summed E-state index contributed by atoms with van der Waals surface area (Å²) < 4.78 is 0. The Balaban J connectivity index is 3.40. The fraction of sp³-hybridized carbons (Fsp3) is 0.625. The number of nitrogens with one attached hydrogen (secondary N) is 3. The van der Waals surface area contributed by atoms with Crippen molar-refractivity contribution in [3.63, 3.8) is 0 Å². The molecule has 0 unspecified atom stereocenters. The molecule has 0 aromatic rings. The van der Waals surface area contributed by atoms with Gasteiger partial charge in [-0.3, -0.25) is 14.9 Å². The average Bonchev–Trinajstić information content (AvgIpc) is 2.15. The Kier molecular flexibility index (Phi) is 7.09. The van der Waals surface area contributed by atoms with E-state index >= 15 is 0 Å². The molecule has 0 fully saturated rings. The van der Waals surface area contributed by atoms with Crippen LogP contribution in [0, 0.1) is 11.3 Å². The fourth-order valence-corrected chi connectivity index (χ4v) is 0.750. The Morgan fingerprint density at radius 3 is 2.29 bits per heavy atom. The lowest BCUT2D eigenvalue weighted by atomic mass is 10.5. The lowest BCUT2D eigenvalue weighted by Crippen LogP contribution is -2.39. The van der Waals surface area contributed by atoms with Crippen LogP contribution in [0.4, 0.5) is 0 Å². The number of likely N-dealkylation sites (N-methyl/N-ethyl adjacent to an activating group) is 1. The van der Waals surface area contributed by atoms with Crippen LogP contribution < -0.4 is 16.0 Å². The molecule has 0 aromatic heterocycles. The predicted octanol–water partition coefficient (Wildman–Crippen LogP) is -1.65. The molecule has 78 valence electrons. The van der Waals surface area contributed by atoms with E-state index < -0.39 is 0 Å². The van der Waals surface area contributed by atoms with Crippen LogP contribution >= 0.6 is 0 Å². The topological polar surface area (TPSA) is 94.0 Å². The number of amides is 2. The van der Waals surface area contributed by atoms with Gasteiger partial charge in [0.1, 0.15) is 6.54 Å². The number of nitriles is 1. The minimum absolute atomic E-state index is 0.0122. The Morgan fingerprint density at radius 1 is 1.21 bits per heavy atom. The summed E-state index contributed by atoms with van der Waals surface area (Å²) in [5.74, 6) is -0.448. The molecule has 0 aliphatic heterocycles. The summed E-state index contributed by atoms with van der Waals surface area (Å²) in [6, 6.07) is 1.78. The maximum absolute atomic E-state index is 10.9. The maximum atomic E-state index is 10.9. The second-order valence-electron chi connectivity index (χ2n) is 2.49. The average molecular weight is 198 g/mol. The molecule has 0 spiro atoms. The van der Waals surface area contributed by atoms with Gasteiger partial charge in [0.15, 0.2) is 0 Å². The van der Waals surface area contributed by atoms with E-state index in [1.165, 1.54) is 0 Å². The SMILES string of the molecule is CCNC(=O)CNCC(=O)NCC#N. The van der Waals surface area contributed by atoms with Gasteiger partial charge in [-0.2, -0.15) is 5.26 Å². The van der Waals surface area contributed by atoms with Crippen LogP contribution in [0.2, 0.25) is 0 Å². The van der Waals surface area contributed by atoms with Crippen LogP contribution in [-0.4, -0.2) is 38.0 Å². The van der Waals surface area contributed by atoms with Crippen LogP contribution in [0.5, 0.6) is 0 Å². The van der Waals surface area contributed by atoms with E-state index in [0.717, 1.165) is 0 Å². The van der Waals surface area contributed by atoms with Crippen LogP contribution in [0.3, 0.4) is 0 Å². The highest BCUT2D eigenvalue weighted by Crippen LogP contribution is 1.66. The maximum Gasteiger partial charge on any atom is 0.234 e. The number of hydrogen-bond acceptors (Lipinski definition) is 4. The molecule has 6 nitrogen and oxygen atoms in total. The van der Waals surface area contributed by atoms with E-state index in [9.17, 15) is 9.59 Å². The molecule has 0 aromatic carbocycles. The van der Waals surface area contributed by atoms with Crippen molar-refractivity contribution in [3.8, 4) is 6.07 Å². The first-order valence-electron chi connectivity index (χ1n) is 4.31. The molecule has 0 radical (unpaired) electrons. The predicted molar refractivity (Wildman–Crippen MR) is 50.2 cm³/mol. The summed E-state index contributed by atoms with van der Waals surface area (Å²) in [6.45, 7) is 2.52. The summed E-state index contributed by atoms with van der Waals surface area (Å²) in [6.07, 6.45) is 0. The Labute approximate surface area is 82.7 Å². The number of hydrogen-bond donors (Lipinski definition) is 3. The van der Waals surface area contributed by atoms with Crippen molar-refractivity contribution in [3.05, 3.63) is 0 Å². The van der Waals surface area contributed by atoms with E-state index in [0.29, 0.717) is 6.54 Å². The van der Waals surface area contributed by atoms with Crippen LogP contribution in [0.15, 0.2) is 0 Å². The first kappa shape index (κ1) is 12.4. The van der Waals surface area contributed by atoms with Crippen molar-refractivity contribution in [2.24, 2.45) is 0 Å². The van der Waals surface area contributed by atoms with Crippen molar-refractivity contribution in [2.45, 2.75) is 6.92 Å². The number of carbonyl (C=O) groups is 2. The van der Waals surface area contributed by atoms with Gasteiger partial charge in [0.25, 0.3) is 0 Å². The van der Waals surface area contributed by atoms with Crippen molar-refractivity contribution in [1.29, 1.82) is 5.26 Å². The zero-order valence-corrected chi connectivity index (χ0v) is 8.09. The Bertz CT molecular complexity index is 234. The van der Waals surface area contributed by atoms with Gasteiger partial charge in [-0.1, -0.05) is 0 Å². The smallest absolute Gasteiger partial charge is 0.234 e. The first-order chi connectivity index (χ1) is 6.70. The summed E-state index contributed by atoms with van der Waals surface area (Å²) in [5, 5.41) is 15.7. The second kappa shape index (κ2) is 8.01. The first-order valence-corrected chi connectivity index (χ1v) is 4.31. The minimum Gasteiger partial charge on any atom is -0.355 e.